The van der Waals surface area contributed by atoms with E-state index in [9.17, 15) is 14.7 Å². The second-order valence-electron chi connectivity index (χ2n) is 8.71. The molecule has 2 heterocycles. The van der Waals surface area contributed by atoms with Gasteiger partial charge in [-0.15, -0.1) is 11.6 Å². The number of aromatic nitrogens is 2. The highest BCUT2D eigenvalue weighted by Gasteiger charge is 2.53. The van der Waals surface area contributed by atoms with E-state index in [1.807, 2.05) is 13.8 Å². The van der Waals surface area contributed by atoms with Gasteiger partial charge in [0.2, 0.25) is 0 Å². The zero-order valence-electron chi connectivity index (χ0n) is 19.2. The van der Waals surface area contributed by atoms with Crippen molar-refractivity contribution < 1.29 is 19.1 Å². The molecule has 1 aromatic rings. The lowest BCUT2D eigenvalue weighted by molar-refractivity contribution is -0.0591. The molecule has 11 heteroatoms. The minimum Gasteiger partial charge on any atom is -0.388 e. The van der Waals surface area contributed by atoms with Crippen LogP contribution in [0.25, 0.3) is 0 Å². The van der Waals surface area contributed by atoms with Gasteiger partial charge < -0.3 is 19.1 Å². The summed E-state index contributed by atoms with van der Waals surface area (Å²) in [7, 11) is -1.02. The monoisotopic (exact) mass is 479 g/mol. The molecule has 1 saturated heterocycles. The maximum atomic E-state index is 12.2. The summed E-state index contributed by atoms with van der Waals surface area (Å²) < 4.78 is 21.4. The van der Waals surface area contributed by atoms with Crippen molar-refractivity contribution in [1.82, 2.24) is 14.2 Å². The molecule has 2 N–H and O–H groups in total. The van der Waals surface area contributed by atoms with Crippen LogP contribution in [0.4, 0.5) is 0 Å². The number of nitrogens with zero attached hydrogens (tertiary/aromatic N) is 2. The van der Waals surface area contributed by atoms with Crippen LogP contribution in [-0.4, -0.2) is 67.6 Å². The first-order chi connectivity index (χ1) is 14.4. The van der Waals surface area contributed by atoms with Crippen LogP contribution in [0.1, 0.15) is 54.7 Å². The molecule has 0 aliphatic carbocycles. The van der Waals surface area contributed by atoms with Crippen molar-refractivity contribution in [3.8, 4) is 0 Å². The Balaban J connectivity index is 2.10. The van der Waals surface area contributed by atoms with Gasteiger partial charge in [0.05, 0.1) is 12.7 Å². The van der Waals surface area contributed by atoms with Gasteiger partial charge in [0.25, 0.3) is 5.56 Å². The van der Waals surface area contributed by atoms with Crippen LogP contribution in [0.3, 0.4) is 0 Å². The molecule has 2 rings (SSSR count). The lowest BCUT2D eigenvalue weighted by Gasteiger charge is -2.37. The minimum absolute atomic E-state index is 0.0469. The van der Waals surface area contributed by atoms with E-state index in [-0.39, 0.29) is 24.8 Å². The first-order valence-corrected chi connectivity index (χ1v) is 12.3. The first-order valence-electron chi connectivity index (χ1n) is 10.5. The number of hydrogen-bond donors (Lipinski definition) is 2. The molecule has 5 atom stereocenters. The highest BCUT2D eigenvalue weighted by atomic mass is 35.5. The minimum atomic E-state index is -1.28. The normalized spacial score (nSPS) is 27.7. The maximum Gasteiger partial charge on any atom is 0.330 e. The molecule has 0 aromatic carbocycles. The molecule has 0 radical (unpaired) electrons. The smallest absolute Gasteiger partial charge is 0.330 e. The quantitative estimate of drug-likeness (QED) is 0.392. The number of aliphatic hydroxyl groups excluding tert-OH is 1. The van der Waals surface area contributed by atoms with E-state index in [4.69, 9.17) is 25.6 Å². The highest BCUT2D eigenvalue weighted by molar-refractivity contribution is 7.49. The van der Waals surface area contributed by atoms with Gasteiger partial charge in [0.1, 0.15) is 31.7 Å². The second-order valence-corrected chi connectivity index (χ2v) is 11.2. The Hall–Kier alpha value is -0.800. The Labute approximate surface area is 189 Å². The number of H-pyrrole nitrogens is 1. The molecule has 0 saturated carbocycles. The fraction of sp³-hybridized carbons (Fsp3) is 0.800. The standard InChI is InChI=1S/C20H35ClN3O6P/c1-12(2)24(13(3)4)31(30-14(5)6)11-28-10-15-17(26)20(7,21)18(29-15)23-9-8-16(25)22-19(23)27/h8-9,12-15,17-18,26H,10-11H2,1-7H3,(H,22,25,27)/t15-,17-,18-,20-,31?/m1/s1. The highest BCUT2D eigenvalue weighted by Crippen LogP contribution is 2.47. The number of hydrogen-bond acceptors (Lipinski definition) is 7. The maximum absolute atomic E-state index is 12.2. The lowest BCUT2D eigenvalue weighted by atomic mass is 10.0. The molecule has 1 aromatic heterocycles. The van der Waals surface area contributed by atoms with Crippen LogP contribution in [0.5, 0.6) is 0 Å². The number of nitrogens with one attached hydrogen (secondary N) is 1. The van der Waals surface area contributed by atoms with Crippen molar-refractivity contribution in [2.75, 3.05) is 13.0 Å². The molecular weight excluding hydrogens is 445 g/mol. The number of aliphatic hydroxyl groups is 1. The zero-order chi connectivity index (χ0) is 23.5. The number of rotatable bonds is 10. The molecule has 1 unspecified atom stereocenters. The van der Waals surface area contributed by atoms with Crippen molar-refractivity contribution in [2.24, 2.45) is 0 Å². The van der Waals surface area contributed by atoms with E-state index < -0.39 is 42.9 Å². The fourth-order valence-corrected chi connectivity index (χ4v) is 6.09. The summed E-state index contributed by atoms with van der Waals surface area (Å²) in [5.41, 5.74) is -1.18. The Morgan fingerprint density at radius 1 is 1.29 bits per heavy atom. The van der Waals surface area contributed by atoms with Crippen molar-refractivity contribution in [3.05, 3.63) is 33.1 Å². The summed E-state index contributed by atoms with van der Waals surface area (Å²) in [4.78, 5) is 24.4. The molecule has 0 spiro atoms. The van der Waals surface area contributed by atoms with Gasteiger partial charge in [0, 0.05) is 24.3 Å². The van der Waals surface area contributed by atoms with Crippen molar-refractivity contribution in [2.45, 2.75) is 90.0 Å². The Morgan fingerprint density at radius 3 is 2.42 bits per heavy atom. The predicted octanol–water partition coefficient (Wildman–Crippen LogP) is 2.62. The summed E-state index contributed by atoms with van der Waals surface area (Å²) in [6.45, 7) is 14.1. The lowest BCUT2D eigenvalue weighted by Crippen LogP contribution is -2.43. The van der Waals surface area contributed by atoms with Crippen LogP contribution in [-0.2, 0) is 14.0 Å². The molecule has 0 bridgehead atoms. The summed E-state index contributed by atoms with van der Waals surface area (Å²) >= 11 is 6.56. The van der Waals surface area contributed by atoms with Crippen molar-refractivity contribution in [1.29, 1.82) is 0 Å². The topological polar surface area (TPSA) is 106 Å². The van der Waals surface area contributed by atoms with Crippen LogP contribution >= 0.6 is 19.9 Å². The molecule has 1 aliphatic rings. The third-order valence-corrected chi connectivity index (χ3v) is 7.87. The summed E-state index contributed by atoms with van der Waals surface area (Å²) in [6, 6.07) is 1.77. The molecule has 9 nitrogen and oxygen atoms in total. The van der Waals surface area contributed by atoms with Gasteiger partial charge in [-0.1, -0.05) is 0 Å². The van der Waals surface area contributed by atoms with Crippen molar-refractivity contribution in [3.63, 3.8) is 0 Å². The third-order valence-electron chi connectivity index (χ3n) is 4.95. The van der Waals surface area contributed by atoms with Crippen LogP contribution < -0.4 is 11.2 Å². The summed E-state index contributed by atoms with van der Waals surface area (Å²) in [6.07, 6.45) is -1.08. The summed E-state index contributed by atoms with van der Waals surface area (Å²) in [5.74, 6) is 0. The van der Waals surface area contributed by atoms with E-state index in [1.165, 1.54) is 16.8 Å². The van der Waals surface area contributed by atoms with Gasteiger partial charge in [-0.25, -0.2) is 4.79 Å². The largest absolute Gasteiger partial charge is 0.388 e. The second kappa shape index (κ2) is 10.9. The van der Waals surface area contributed by atoms with E-state index in [0.717, 1.165) is 0 Å². The predicted molar refractivity (Wildman–Crippen MR) is 122 cm³/mol. The van der Waals surface area contributed by atoms with Gasteiger partial charge in [-0.3, -0.25) is 19.0 Å². The average Bonchev–Trinajstić information content (AvgIpc) is 2.84. The average molecular weight is 480 g/mol. The van der Waals surface area contributed by atoms with Gasteiger partial charge >= 0.3 is 5.69 Å². The van der Waals surface area contributed by atoms with Gasteiger partial charge in [0.15, 0.2) is 6.23 Å². The van der Waals surface area contributed by atoms with Crippen LogP contribution in [0.2, 0.25) is 0 Å². The number of ether oxygens (including phenoxy) is 2. The Morgan fingerprint density at radius 2 is 1.90 bits per heavy atom. The van der Waals surface area contributed by atoms with E-state index >= 15 is 0 Å². The SMILES string of the molecule is CC(C)OP(COC[C@H]1O[C@@H](n2ccc(=O)[nH]c2=O)[C@](C)(Cl)[C@@H]1O)N(C(C)C)C(C)C. The number of alkyl halides is 1. The van der Waals surface area contributed by atoms with Crippen LogP contribution in [0.15, 0.2) is 21.9 Å². The molecule has 1 fully saturated rings. The van der Waals surface area contributed by atoms with Crippen molar-refractivity contribution >= 4 is 19.9 Å². The number of halogens is 1. The third kappa shape index (κ3) is 6.38. The molecule has 0 amide bonds. The first kappa shape index (κ1) is 26.5. The molecular formula is C20H35ClN3O6P. The summed E-state index contributed by atoms with van der Waals surface area (Å²) in [5, 5.41) is 10.7. The van der Waals surface area contributed by atoms with Crippen LogP contribution in [0, 0.1) is 0 Å². The fourth-order valence-electron chi connectivity index (χ4n) is 3.72. The van der Waals surface area contributed by atoms with Gasteiger partial charge in [-0.05, 0) is 48.5 Å². The Bertz CT molecular complexity index is 820. The molecule has 178 valence electrons. The van der Waals surface area contributed by atoms with E-state index in [2.05, 4.69) is 37.3 Å². The Kier molecular flexibility index (Phi) is 9.28. The number of aromatic amines is 1. The van der Waals surface area contributed by atoms with Gasteiger partial charge in [-0.2, -0.15) is 0 Å². The van der Waals surface area contributed by atoms with E-state index in [1.54, 1.807) is 6.92 Å². The zero-order valence-corrected chi connectivity index (χ0v) is 20.9. The molecule has 1 aliphatic heterocycles. The van der Waals surface area contributed by atoms with E-state index in [0.29, 0.717) is 6.35 Å². The molecule has 31 heavy (non-hydrogen) atoms.